The first-order chi connectivity index (χ1) is 8.99. The molecule has 2 heterocycles. The van der Waals surface area contributed by atoms with Gasteiger partial charge in [-0.3, -0.25) is 9.59 Å². The van der Waals surface area contributed by atoms with Gasteiger partial charge in [-0.25, -0.2) is 0 Å². The van der Waals surface area contributed by atoms with Crippen molar-refractivity contribution in [2.24, 2.45) is 7.05 Å². The SMILES string of the molecule is CN(CC1CCCN1C)C(=O)c1ccn(C)c(=O)c1. The molecule has 0 bridgehead atoms. The van der Waals surface area contributed by atoms with E-state index in [4.69, 9.17) is 0 Å². The van der Waals surface area contributed by atoms with Crippen LogP contribution in [0.2, 0.25) is 0 Å². The van der Waals surface area contributed by atoms with Gasteiger partial charge in [-0.2, -0.15) is 0 Å². The normalized spacial score (nSPS) is 19.6. The van der Waals surface area contributed by atoms with Gasteiger partial charge in [-0.1, -0.05) is 0 Å². The van der Waals surface area contributed by atoms with E-state index in [1.807, 2.05) is 0 Å². The molecule has 1 aliphatic rings. The van der Waals surface area contributed by atoms with Crippen LogP contribution in [0.5, 0.6) is 0 Å². The average Bonchev–Trinajstić information content (AvgIpc) is 2.77. The molecule has 0 aromatic carbocycles. The van der Waals surface area contributed by atoms with Crippen LogP contribution in [-0.2, 0) is 7.05 Å². The van der Waals surface area contributed by atoms with Crippen LogP contribution in [0.15, 0.2) is 23.1 Å². The van der Waals surface area contributed by atoms with Gasteiger partial charge in [-0.15, -0.1) is 0 Å². The Morgan fingerprint density at radius 1 is 1.47 bits per heavy atom. The number of rotatable bonds is 3. The number of hydrogen-bond acceptors (Lipinski definition) is 3. The molecule has 0 aliphatic carbocycles. The second-order valence-electron chi connectivity index (χ2n) is 5.33. The van der Waals surface area contributed by atoms with Crippen LogP contribution >= 0.6 is 0 Å². The van der Waals surface area contributed by atoms with E-state index >= 15 is 0 Å². The van der Waals surface area contributed by atoms with E-state index in [1.54, 1.807) is 31.3 Å². The van der Waals surface area contributed by atoms with Crippen molar-refractivity contribution in [3.05, 3.63) is 34.2 Å². The highest BCUT2D eigenvalue weighted by atomic mass is 16.2. The first-order valence-electron chi connectivity index (χ1n) is 6.61. The molecule has 1 aromatic heterocycles. The van der Waals surface area contributed by atoms with Gasteiger partial charge in [0.25, 0.3) is 11.5 Å². The Bertz CT molecular complexity index is 524. The lowest BCUT2D eigenvalue weighted by molar-refractivity contribution is 0.0761. The second kappa shape index (κ2) is 5.57. The zero-order chi connectivity index (χ0) is 14.0. The lowest BCUT2D eigenvalue weighted by atomic mass is 10.2. The summed E-state index contributed by atoms with van der Waals surface area (Å²) in [6, 6.07) is 3.52. The smallest absolute Gasteiger partial charge is 0.253 e. The molecule has 1 unspecified atom stereocenters. The van der Waals surface area contributed by atoms with Gasteiger partial charge in [0, 0.05) is 44.5 Å². The number of nitrogens with zero attached hydrogens (tertiary/aromatic N) is 3. The number of aryl methyl sites for hydroxylation is 1. The molecule has 1 saturated heterocycles. The van der Waals surface area contributed by atoms with E-state index in [2.05, 4.69) is 11.9 Å². The number of carbonyl (C=O) groups is 1. The number of pyridine rings is 1. The Morgan fingerprint density at radius 2 is 2.21 bits per heavy atom. The molecule has 1 aliphatic heterocycles. The molecule has 19 heavy (non-hydrogen) atoms. The van der Waals surface area contributed by atoms with Crippen LogP contribution in [-0.4, -0.2) is 53.5 Å². The fourth-order valence-corrected chi connectivity index (χ4v) is 2.51. The van der Waals surface area contributed by atoms with Gasteiger partial charge in [0.15, 0.2) is 0 Å². The van der Waals surface area contributed by atoms with Crippen molar-refractivity contribution >= 4 is 5.91 Å². The molecular weight excluding hydrogens is 242 g/mol. The summed E-state index contributed by atoms with van der Waals surface area (Å²) in [6.07, 6.45) is 3.95. The van der Waals surface area contributed by atoms with Gasteiger partial charge in [-0.05, 0) is 32.5 Å². The number of aromatic nitrogens is 1. The zero-order valence-corrected chi connectivity index (χ0v) is 11.8. The van der Waals surface area contributed by atoms with Crippen molar-refractivity contribution in [3.8, 4) is 0 Å². The largest absolute Gasteiger partial charge is 0.340 e. The predicted octanol–water partition coefficient (Wildman–Crippen LogP) is 0.551. The minimum absolute atomic E-state index is 0.0852. The van der Waals surface area contributed by atoms with Gasteiger partial charge < -0.3 is 14.4 Å². The number of likely N-dealkylation sites (N-methyl/N-ethyl adjacent to an activating group) is 2. The fourth-order valence-electron chi connectivity index (χ4n) is 2.51. The van der Waals surface area contributed by atoms with Gasteiger partial charge >= 0.3 is 0 Å². The molecule has 104 valence electrons. The number of amides is 1. The number of likely N-dealkylation sites (tertiary alicyclic amines) is 1. The van der Waals surface area contributed by atoms with Crippen LogP contribution in [0.25, 0.3) is 0 Å². The lowest BCUT2D eigenvalue weighted by Crippen LogP contribution is -2.39. The van der Waals surface area contributed by atoms with E-state index in [1.165, 1.54) is 17.1 Å². The Labute approximate surface area is 113 Å². The van der Waals surface area contributed by atoms with Crippen LogP contribution in [0, 0.1) is 0 Å². The number of carbonyl (C=O) groups excluding carboxylic acids is 1. The van der Waals surface area contributed by atoms with Crippen LogP contribution in [0.3, 0.4) is 0 Å². The molecule has 0 spiro atoms. The van der Waals surface area contributed by atoms with E-state index < -0.39 is 0 Å². The van der Waals surface area contributed by atoms with E-state index in [-0.39, 0.29) is 11.5 Å². The first kappa shape index (κ1) is 13.8. The summed E-state index contributed by atoms with van der Waals surface area (Å²) in [5, 5.41) is 0. The molecule has 1 atom stereocenters. The summed E-state index contributed by atoms with van der Waals surface area (Å²) < 4.78 is 1.46. The quantitative estimate of drug-likeness (QED) is 0.800. The van der Waals surface area contributed by atoms with Crippen LogP contribution in [0.4, 0.5) is 0 Å². The van der Waals surface area contributed by atoms with E-state index in [0.717, 1.165) is 13.0 Å². The minimum atomic E-state index is -0.155. The summed E-state index contributed by atoms with van der Waals surface area (Å²) in [7, 11) is 5.56. The van der Waals surface area contributed by atoms with E-state index in [9.17, 15) is 9.59 Å². The third-order valence-electron chi connectivity index (χ3n) is 3.85. The molecule has 5 nitrogen and oxygen atoms in total. The Morgan fingerprint density at radius 3 is 2.79 bits per heavy atom. The lowest BCUT2D eigenvalue weighted by Gasteiger charge is -2.25. The minimum Gasteiger partial charge on any atom is -0.340 e. The summed E-state index contributed by atoms with van der Waals surface area (Å²) >= 11 is 0. The topological polar surface area (TPSA) is 45.5 Å². The Kier molecular flexibility index (Phi) is 4.04. The second-order valence-corrected chi connectivity index (χ2v) is 5.33. The van der Waals surface area contributed by atoms with Gasteiger partial charge in [0.05, 0.1) is 0 Å². The molecule has 0 N–H and O–H groups in total. The standard InChI is InChI=1S/C14H21N3O2/c1-15-7-4-5-12(15)10-17(3)14(19)11-6-8-16(2)13(18)9-11/h6,8-9,12H,4-5,7,10H2,1-3H3. The zero-order valence-electron chi connectivity index (χ0n) is 11.8. The van der Waals surface area contributed by atoms with Crippen molar-refractivity contribution < 1.29 is 4.79 Å². The Hall–Kier alpha value is -1.62. The Balaban J connectivity index is 2.06. The van der Waals surface area contributed by atoms with Crippen molar-refractivity contribution in [2.45, 2.75) is 18.9 Å². The fraction of sp³-hybridized carbons (Fsp3) is 0.571. The van der Waals surface area contributed by atoms with Crippen LogP contribution < -0.4 is 5.56 Å². The maximum absolute atomic E-state index is 12.3. The average molecular weight is 263 g/mol. The molecule has 2 rings (SSSR count). The molecule has 0 saturated carbocycles. The summed E-state index contributed by atoms with van der Waals surface area (Å²) in [4.78, 5) is 27.8. The van der Waals surface area contributed by atoms with Crippen molar-refractivity contribution in [1.29, 1.82) is 0 Å². The van der Waals surface area contributed by atoms with Crippen molar-refractivity contribution in [1.82, 2.24) is 14.4 Å². The van der Waals surface area contributed by atoms with Crippen molar-refractivity contribution in [3.63, 3.8) is 0 Å². The third kappa shape index (κ3) is 3.04. The molecule has 1 fully saturated rings. The molecule has 1 aromatic rings. The van der Waals surface area contributed by atoms with Crippen LogP contribution in [0.1, 0.15) is 23.2 Å². The van der Waals surface area contributed by atoms with E-state index in [0.29, 0.717) is 18.2 Å². The highest BCUT2D eigenvalue weighted by Gasteiger charge is 2.24. The van der Waals surface area contributed by atoms with Crippen molar-refractivity contribution in [2.75, 3.05) is 27.2 Å². The molecule has 0 radical (unpaired) electrons. The summed E-state index contributed by atoms with van der Waals surface area (Å²) in [6.45, 7) is 1.81. The van der Waals surface area contributed by atoms with Gasteiger partial charge in [0.2, 0.25) is 0 Å². The highest BCUT2D eigenvalue weighted by molar-refractivity contribution is 5.93. The highest BCUT2D eigenvalue weighted by Crippen LogP contribution is 2.16. The third-order valence-corrected chi connectivity index (χ3v) is 3.85. The maximum atomic E-state index is 12.3. The monoisotopic (exact) mass is 263 g/mol. The summed E-state index contributed by atoms with van der Waals surface area (Å²) in [5.74, 6) is -0.0852. The molecule has 5 heteroatoms. The molecule has 1 amide bonds. The van der Waals surface area contributed by atoms with Gasteiger partial charge in [0.1, 0.15) is 0 Å². The number of hydrogen-bond donors (Lipinski definition) is 0. The maximum Gasteiger partial charge on any atom is 0.253 e. The summed E-state index contributed by atoms with van der Waals surface area (Å²) in [5.41, 5.74) is 0.309. The molecular formula is C14H21N3O2. The predicted molar refractivity (Wildman–Crippen MR) is 74.3 cm³/mol. The first-order valence-corrected chi connectivity index (χ1v) is 6.61.